The van der Waals surface area contributed by atoms with Crippen molar-refractivity contribution in [2.45, 2.75) is 57.4 Å². The van der Waals surface area contributed by atoms with Crippen molar-refractivity contribution < 1.29 is 22.7 Å². The summed E-state index contributed by atoms with van der Waals surface area (Å²) in [5.74, 6) is 1.17. The van der Waals surface area contributed by atoms with E-state index in [1.165, 1.54) is 12.1 Å². The van der Waals surface area contributed by atoms with Gasteiger partial charge in [-0.2, -0.15) is 0 Å². The molecule has 1 heterocycles. The van der Waals surface area contributed by atoms with Crippen LogP contribution < -0.4 is 14.8 Å². The van der Waals surface area contributed by atoms with E-state index in [1.54, 1.807) is 30.3 Å². The molecule has 0 atom stereocenters. The van der Waals surface area contributed by atoms with Gasteiger partial charge in [0.2, 0.25) is 5.91 Å². The lowest BCUT2D eigenvalue weighted by Crippen LogP contribution is -2.33. The maximum Gasteiger partial charge on any atom is 0.426 e. The molecular weight excluding hydrogens is 588 g/mol. The molecule has 2 N–H and O–H groups in total. The zero-order valence-electron chi connectivity index (χ0n) is 25.3. The Morgan fingerprint density at radius 1 is 0.844 bits per heavy atom. The first kappa shape index (κ1) is 31.5. The van der Waals surface area contributed by atoms with Gasteiger partial charge in [0, 0.05) is 24.9 Å². The molecule has 2 amide bonds. The van der Waals surface area contributed by atoms with Crippen molar-refractivity contribution in [3.8, 4) is 16.9 Å². The van der Waals surface area contributed by atoms with E-state index >= 15 is 0 Å². The number of nitrogens with zero attached hydrogens (tertiary/aromatic N) is 2. The lowest BCUT2D eigenvalue weighted by molar-refractivity contribution is -0.116. The van der Waals surface area contributed by atoms with E-state index in [0.29, 0.717) is 18.5 Å². The Morgan fingerprint density at radius 3 is 2.31 bits per heavy atom. The summed E-state index contributed by atoms with van der Waals surface area (Å²) >= 11 is 0. The molecule has 0 aliphatic rings. The molecule has 0 saturated carbocycles. The van der Waals surface area contributed by atoms with Crippen molar-refractivity contribution in [2.24, 2.45) is 0 Å². The van der Waals surface area contributed by atoms with Gasteiger partial charge in [-0.05, 0) is 54.3 Å². The van der Waals surface area contributed by atoms with E-state index in [9.17, 15) is 18.0 Å². The number of anilines is 1. The summed E-state index contributed by atoms with van der Waals surface area (Å²) in [6, 6.07) is 28.4. The number of rotatable bonds is 12. The van der Waals surface area contributed by atoms with Crippen molar-refractivity contribution >= 4 is 38.7 Å². The maximum atomic E-state index is 12.6. The summed E-state index contributed by atoms with van der Waals surface area (Å²) in [7, 11) is -4.08. The Labute approximate surface area is 263 Å². The number of carbonyl (C=O) groups is 2. The molecule has 5 aromatic rings. The molecule has 10 heteroatoms. The third kappa shape index (κ3) is 7.58. The number of unbranched alkanes of at least 4 members (excludes halogenated alkanes) is 1. The lowest BCUT2D eigenvalue weighted by Gasteiger charge is -2.13. The van der Waals surface area contributed by atoms with Crippen molar-refractivity contribution in [3.63, 3.8) is 0 Å². The third-order valence-electron chi connectivity index (χ3n) is 7.33. The smallest absolute Gasteiger partial charge is 0.409 e. The van der Waals surface area contributed by atoms with Crippen molar-refractivity contribution in [1.29, 1.82) is 0 Å². The van der Waals surface area contributed by atoms with Crippen LogP contribution in [0, 0.1) is 0 Å². The van der Waals surface area contributed by atoms with E-state index in [-0.39, 0.29) is 16.6 Å². The van der Waals surface area contributed by atoms with Crippen molar-refractivity contribution in [2.75, 3.05) is 5.32 Å². The number of fused-ring (bicyclic) bond motifs is 1. The summed E-state index contributed by atoms with van der Waals surface area (Å²) in [5, 5.41) is 3.02. The lowest BCUT2D eigenvalue weighted by atomic mass is 10.0. The van der Waals surface area contributed by atoms with E-state index in [4.69, 9.17) is 9.72 Å². The molecule has 4 aromatic carbocycles. The number of imidazole rings is 1. The van der Waals surface area contributed by atoms with Gasteiger partial charge in [-0.1, -0.05) is 87.0 Å². The molecule has 232 valence electrons. The summed E-state index contributed by atoms with van der Waals surface area (Å²) in [4.78, 5) is 29.9. The Kier molecular flexibility index (Phi) is 9.94. The molecule has 0 saturated heterocycles. The van der Waals surface area contributed by atoms with Gasteiger partial charge in [0.1, 0.15) is 17.1 Å². The summed E-state index contributed by atoms with van der Waals surface area (Å²) in [5.41, 5.74) is 4.94. The topological polar surface area (TPSA) is 119 Å². The Balaban J connectivity index is 1.37. The Hall–Kier alpha value is -4.96. The van der Waals surface area contributed by atoms with E-state index in [1.807, 2.05) is 66.2 Å². The zero-order chi connectivity index (χ0) is 31.8. The average Bonchev–Trinajstić information content (AvgIpc) is 3.39. The van der Waals surface area contributed by atoms with Gasteiger partial charge in [0.05, 0.1) is 16.1 Å². The van der Waals surface area contributed by atoms with Gasteiger partial charge in [-0.15, -0.1) is 0 Å². The highest BCUT2D eigenvalue weighted by molar-refractivity contribution is 7.90. The number of benzene rings is 4. The zero-order valence-corrected chi connectivity index (χ0v) is 26.1. The van der Waals surface area contributed by atoms with E-state index in [0.717, 1.165) is 59.4 Å². The molecule has 45 heavy (non-hydrogen) atoms. The minimum Gasteiger partial charge on any atom is -0.409 e. The van der Waals surface area contributed by atoms with Crippen LogP contribution in [0.2, 0.25) is 0 Å². The number of hydrogen-bond donors (Lipinski definition) is 2. The van der Waals surface area contributed by atoms with Crippen molar-refractivity contribution in [1.82, 2.24) is 14.3 Å². The van der Waals surface area contributed by atoms with Crippen LogP contribution in [-0.4, -0.2) is 30.0 Å². The first-order chi connectivity index (χ1) is 21.8. The molecule has 0 spiro atoms. The largest absolute Gasteiger partial charge is 0.426 e. The van der Waals surface area contributed by atoms with Gasteiger partial charge >= 0.3 is 6.09 Å². The van der Waals surface area contributed by atoms with Crippen LogP contribution in [0.25, 0.3) is 22.2 Å². The van der Waals surface area contributed by atoms with Crippen LogP contribution in [0.3, 0.4) is 0 Å². The number of para-hydroxylation sites is 2. The molecule has 0 fully saturated rings. The number of amides is 2. The standard InChI is InChI=1S/C35H36N4O5S/c1-3-5-19-32-37-34-29(36-33(40)12-4-2)16-11-17-30(34)39(32)24-25-20-22-26(23-21-25)28-15-9-10-18-31(28)44-35(41)38-45(42,43)27-13-7-6-8-14-27/h6-11,13-18,20-23H,3-5,12,19,24H2,1-2H3,(H,36,40)(H,38,41). The third-order valence-corrected chi connectivity index (χ3v) is 8.66. The number of ether oxygens (including phenoxy) is 1. The molecule has 5 rings (SSSR count). The van der Waals surface area contributed by atoms with E-state index in [2.05, 4.69) is 16.8 Å². The Morgan fingerprint density at radius 2 is 1.58 bits per heavy atom. The average molecular weight is 625 g/mol. The van der Waals surface area contributed by atoms with Crippen molar-refractivity contribution in [3.05, 3.63) is 108 Å². The SMILES string of the molecule is CCCCc1nc2c(NC(=O)CCC)cccc2n1Cc1ccc(-c2ccccc2OC(=O)NS(=O)(=O)c2ccccc2)cc1. The summed E-state index contributed by atoms with van der Waals surface area (Å²) < 4.78 is 34.8. The fourth-order valence-corrected chi connectivity index (χ4v) is 5.99. The minimum absolute atomic E-state index is 0.0233. The number of aromatic nitrogens is 2. The van der Waals surface area contributed by atoms with Crippen LogP contribution in [0.15, 0.2) is 102 Å². The molecule has 0 radical (unpaired) electrons. The van der Waals surface area contributed by atoms with Gasteiger partial charge < -0.3 is 14.6 Å². The second kappa shape index (κ2) is 14.2. The van der Waals surface area contributed by atoms with Gasteiger partial charge in [-0.3, -0.25) is 4.79 Å². The van der Waals surface area contributed by atoms with Crippen LogP contribution in [0.4, 0.5) is 10.5 Å². The quantitative estimate of drug-likeness (QED) is 0.150. The Bertz CT molecular complexity index is 1900. The number of carbonyl (C=O) groups excluding carboxylic acids is 2. The van der Waals surface area contributed by atoms with E-state index < -0.39 is 16.1 Å². The highest BCUT2D eigenvalue weighted by atomic mass is 32.2. The molecule has 0 aliphatic carbocycles. The molecule has 0 bridgehead atoms. The van der Waals surface area contributed by atoms with Crippen LogP contribution in [0.5, 0.6) is 5.75 Å². The molecule has 0 aliphatic heterocycles. The molecular formula is C35H36N4O5S. The van der Waals surface area contributed by atoms with Crippen LogP contribution in [-0.2, 0) is 27.8 Å². The maximum absolute atomic E-state index is 12.6. The van der Waals surface area contributed by atoms with Gasteiger partial charge in [0.15, 0.2) is 0 Å². The summed E-state index contributed by atoms with van der Waals surface area (Å²) in [6.07, 6.45) is 2.98. The first-order valence-electron chi connectivity index (χ1n) is 15.0. The van der Waals surface area contributed by atoms with Gasteiger partial charge in [-0.25, -0.2) is 22.9 Å². The summed E-state index contributed by atoms with van der Waals surface area (Å²) in [6.45, 7) is 4.71. The minimum atomic E-state index is -4.08. The van der Waals surface area contributed by atoms with Crippen LogP contribution in [0.1, 0.15) is 50.9 Å². The highest BCUT2D eigenvalue weighted by Crippen LogP contribution is 2.31. The molecule has 0 unspecified atom stereocenters. The predicted molar refractivity (Wildman–Crippen MR) is 176 cm³/mol. The molecule has 9 nitrogen and oxygen atoms in total. The number of aryl methyl sites for hydroxylation is 1. The predicted octanol–water partition coefficient (Wildman–Crippen LogP) is 7.31. The fourth-order valence-electron chi connectivity index (χ4n) is 5.09. The number of nitrogens with one attached hydrogen (secondary N) is 2. The van der Waals surface area contributed by atoms with Gasteiger partial charge in [0.25, 0.3) is 10.0 Å². The van der Waals surface area contributed by atoms with Crippen LogP contribution >= 0.6 is 0 Å². The molecule has 1 aromatic heterocycles. The first-order valence-corrected chi connectivity index (χ1v) is 16.5. The second-order valence-corrected chi connectivity index (χ2v) is 12.4. The number of hydrogen-bond acceptors (Lipinski definition) is 6. The monoisotopic (exact) mass is 624 g/mol. The second-order valence-electron chi connectivity index (χ2n) is 10.7. The normalized spacial score (nSPS) is 11.3. The highest BCUT2D eigenvalue weighted by Gasteiger charge is 2.20. The fraction of sp³-hybridized carbons (Fsp3) is 0.229. The number of sulfonamides is 1.